The van der Waals surface area contributed by atoms with E-state index in [0.29, 0.717) is 16.8 Å². The Labute approximate surface area is 133 Å². The van der Waals surface area contributed by atoms with Crippen LogP contribution in [-0.2, 0) is 0 Å². The third-order valence-corrected chi connectivity index (χ3v) is 3.64. The van der Waals surface area contributed by atoms with Crippen molar-refractivity contribution in [1.82, 2.24) is 4.98 Å². The van der Waals surface area contributed by atoms with Crippen LogP contribution in [0, 0.1) is 24.1 Å². The molecule has 0 aliphatic rings. The number of nitrogens with zero attached hydrogens (tertiary/aromatic N) is 2. The zero-order valence-corrected chi connectivity index (χ0v) is 12.5. The molecule has 0 aliphatic carbocycles. The number of nitrogen functional groups attached to an aromatic ring is 1. The molecule has 3 nitrogen and oxygen atoms in total. The minimum absolute atomic E-state index is 0.143. The smallest absolute Gasteiger partial charge is 0.142 e. The Bertz CT molecular complexity index is 909. The highest BCUT2D eigenvalue weighted by Crippen LogP contribution is 2.31. The summed E-state index contributed by atoms with van der Waals surface area (Å²) in [6.07, 6.45) is 0. The van der Waals surface area contributed by atoms with Crippen LogP contribution < -0.4 is 5.73 Å². The molecule has 3 aromatic rings. The zero-order valence-electron chi connectivity index (χ0n) is 12.5. The largest absolute Gasteiger partial charge is 0.383 e. The number of nitriles is 1. The van der Waals surface area contributed by atoms with Crippen LogP contribution in [0.5, 0.6) is 0 Å². The van der Waals surface area contributed by atoms with Crippen molar-refractivity contribution < 1.29 is 4.39 Å². The first-order valence-corrected chi connectivity index (χ1v) is 7.12. The molecule has 1 heterocycles. The van der Waals surface area contributed by atoms with Crippen molar-refractivity contribution >= 4 is 5.82 Å². The Morgan fingerprint density at radius 3 is 2.43 bits per heavy atom. The Balaban J connectivity index is 2.22. The van der Waals surface area contributed by atoms with E-state index >= 15 is 0 Å². The molecule has 0 radical (unpaired) electrons. The topological polar surface area (TPSA) is 62.7 Å². The van der Waals surface area contributed by atoms with E-state index in [4.69, 9.17) is 5.73 Å². The van der Waals surface area contributed by atoms with Crippen LogP contribution in [0.3, 0.4) is 0 Å². The number of benzene rings is 2. The molecule has 0 saturated carbocycles. The number of anilines is 1. The van der Waals surface area contributed by atoms with Crippen LogP contribution in [0.25, 0.3) is 22.4 Å². The van der Waals surface area contributed by atoms with Crippen LogP contribution in [0.2, 0.25) is 0 Å². The second-order valence-electron chi connectivity index (χ2n) is 5.30. The molecular formula is C19H14FN3. The van der Waals surface area contributed by atoms with Gasteiger partial charge in [0.05, 0.1) is 5.69 Å². The molecule has 2 N–H and O–H groups in total. The third-order valence-electron chi connectivity index (χ3n) is 3.64. The first-order chi connectivity index (χ1) is 11.1. The van der Waals surface area contributed by atoms with E-state index in [1.165, 1.54) is 12.1 Å². The SMILES string of the molecule is Cc1ccc(-c2cc(-c3cccc(F)c3)c(C#N)c(N)n2)cc1. The molecule has 0 saturated heterocycles. The van der Waals surface area contributed by atoms with Gasteiger partial charge in [-0.2, -0.15) is 5.26 Å². The van der Waals surface area contributed by atoms with E-state index in [-0.39, 0.29) is 17.2 Å². The predicted molar refractivity (Wildman–Crippen MR) is 88.9 cm³/mol. The van der Waals surface area contributed by atoms with Gasteiger partial charge in [-0.05, 0) is 30.7 Å². The zero-order chi connectivity index (χ0) is 16.4. The number of pyridine rings is 1. The van der Waals surface area contributed by atoms with Crippen molar-refractivity contribution in [3.63, 3.8) is 0 Å². The summed E-state index contributed by atoms with van der Waals surface area (Å²) in [7, 11) is 0. The molecule has 0 spiro atoms. The van der Waals surface area contributed by atoms with Gasteiger partial charge in [-0.1, -0.05) is 42.0 Å². The van der Waals surface area contributed by atoms with Crippen LogP contribution in [0.15, 0.2) is 54.6 Å². The molecule has 4 heteroatoms. The van der Waals surface area contributed by atoms with E-state index < -0.39 is 0 Å². The van der Waals surface area contributed by atoms with Crippen molar-refractivity contribution in [3.05, 3.63) is 71.5 Å². The molecule has 2 aromatic carbocycles. The van der Waals surface area contributed by atoms with Crippen LogP contribution >= 0.6 is 0 Å². The average molecular weight is 303 g/mol. The molecule has 0 amide bonds. The fourth-order valence-corrected chi connectivity index (χ4v) is 2.44. The number of aromatic nitrogens is 1. The van der Waals surface area contributed by atoms with E-state index in [1.807, 2.05) is 31.2 Å². The minimum atomic E-state index is -0.362. The molecule has 112 valence electrons. The van der Waals surface area contributed by atoms with Gasteiger partial charge in [-0.25, -0.2) is 9.37 Å². The maximum Gasteiger partial charge on any atom is 0.142 e. The molecule has 0 unspecified atom stereocenters. The van der Waals surface area contributed by atoms with Gasteiger partial charge < -0.3 is 5.73 Å². The average Bonchev–Trinajstić information content (AvgIpc) is 2.55. The van der Waals surface area contributed by atoms with Gasteiger partial charge in [0.2, 0.25) is 0 Å². The molecule has 0 atom stereocenters. The summed E-state index contributed by atoms with van der Waals surface area (Å²) >= 11 is 0. The van der Waals surface area contributed by atoms with Crippen LogP contribution in [0.4, 0.5) is 10.2 Å². The highest BCUT2D eigenvalue weighted by atomic mass is 19.1. The number of hydrogen-bond donors (Lipinski definition) is 1. The monoisotopic (exact) mass is 303 g/mol. The number of hydrogen-bond acceptors (Lipinski definition) is 3. The minimum Gasteiger partial charge on any atom is -0.383 e. The van der Waals surface area contributed by atoms with Crippen molar-refractivity contribution in [2.75, 3.05) is 5.73 Å². The summed E-state index contributed by atoms with van der Waals surface area (Å²) in [5, 5.41) is 9.36. The fourth-order valence-electron chi connectivity index (χ4n) is 2.44. The summed E-state index contributed by atoms with van der Waals surface area (Å²) in [4.78, 5) is 4.31. The summed E-state index contributed by atoms with van der Waals surface area (Å²) in [6, 6.07) is 17.8. The lowest BCUT2D eigenvalue weighted by Crippen LogP contribution is -2.00. The van der Waals surface area contributed by atoms with Gasteiger partial charge in [-0.3, -0.25) is 0 Å². The molecule has 0 aliphatic heterocycles. The van der Waals surface area contributed by atoms with E-state index in [1.54, 1.807) is 18.2 Å². The van der Waals surface area contributed by atoms with E-state index in [2.05, 4.69) is 11.1 Å². The molecule has 1 aromatic heterocycles. The summed E-state index contributed by atoms with van der Waals surface area (Å²) in [6.45, 7) is 2.00. The maximum absolute atomic E-state index is 13.5. The second-order valence-corrected chi connectivity index (χ2v) is 5.30. The standard InChI is InChI=1S/C19H14FN3/c1-12-5-7-13(8-6-12)18-10-16(17(11-21)19(22)23-18)14-3-2-4-15(20)9-14/h2-10H,1H3,(H2,22,23). The lowest BCUT2D eigenvalue weighted by molar-refractivity contribution is 0.628. The molecule has 0 fully saturated rings. The third kappa shape index (κ3) is 2.90. The number of halogens is 1. The number of rotatable bonds is 2. The highest BCUT2D eigenvalue weighted by molar-refractivity contribution is 5.80. The first-order valence-electron chi connectivity index (χ1n) is 7.12. The van der Waals surface area contributed by atoms with Gasteiger partial charge in [0, 0.05) is 11.1 Å². The normalized spacial score (nSPS) is 10.3. The van der Waals surface area contributed by atoms with Crippen LogP contribution in [-0.4, -0.2) is 4.98 Å². The van der Waals surface area contributed by atoms with Crippen molar-refractivity contribution in [2.24, 2.45) is 0 Å². The van der Waals surface area contributed by atoms with E-state index in [9.17, 15) is 9.65 Å². The Morgan fingerprint density at radius 1 is 1.04 bits per heavy atom. The maximum atomic E-state index is 13.5. The Hall–Kier alpha value is -3.19. The van der Waals surface area contributed by atoms with Gasteiger partial charge >= 0.3 is 0 Å². The van der Waals surface area contributed by atoms with Gasteiger partial charge in [0.1, 0.15) is 23.3 Å². The van der Waals surface area contributed by atoms with Crippen molar-refractivity contribution in [1.29, 1.82) is 5.26 Å². The lowest BCUT2D eigenvalue weighted by atomic mass is 9.98. The Kier molecular flexibility index (Phi) is 3.78. The second kappa shape index (κ2) is 5.90. The van der Waals surface area contributed by atoms with E-state index in [0.717, 1.165) is 11.1 Å². The first kappa shape index (κ1) is 14.7. The predicted octanol–water partition coefficient (Wildman–Crippen LogP) is 4.32. The molecule has 0 bridgehead atoms. The van der Waals surface area contributed by atoms with Gasteiger partial charge in [0.15, 0.2) is 0 Å². The van der Waals surface area contributed by atoms with Crippen LogP contribution in [0.1, 0.15) is 11.1 Å². The van der Waals surface area contributed by atoms with Gasteiger partial charge in [0.25, 0.3) is 0 Å². The summed E-state index contributed by atoms with van der Waals surface area (Å²) in [5.41, 5.74) is 10.1. The van der Waals surface area contributed by atoms with Gasteiger partial charge in [-0.15, -0.1) is 0 Å². The van der Waals surface area contributed by atoms with Crippen molar-refractivity contribution in [3.8, 4) is 28.5 Å². The lowest BCUT2D eigenvalue weighted by Gasteiger charge is -2.10. The number of aryl methyl sites for hydroxylation is 1. The number of nitrogens with two attached hydrogens (primary N) is 1. The molecule has 3 rings (SSSR count). The summed E-state index contributed by atoms with van der Waals surface area (Å²) < 4.78 is 13.5. The van der Waals surface area contributed by atoms with Crippen molar-refractivity contribution in [2.45, 2.75) is 6.92 Å². The molecule has 23 heavy (non-hydrogen) atoms. The fraction of sp³-hybridized carbons (Fsp3) is 0.0526. The molecular weight excluding hydrogens is 289 g/mol. The summed E-state index contributed by atoms with van der Waals surface area (Å²) in [5.74, 6) is -0.219. The Morgan fingerprint density at radius 2 is 1.78 bits per heavy atom. The quantitative estimate of drug-likeness (QED) is 0.767. The highest BCUT2D eigenvalue weighted by Gasteiger charge is 2.13.